The van der Waals surface area contributed by atoms with Gasteiger partial charge in [-0.15, -0.1) is 24.8 Å². The number of likely N-dealkylation sites (N-methyl/N-ethyl adjacent to an activating group) is 1. The SMILES string of the molecule is CN1CCN(CC/C=C2/c3ccccc3Sc3ccc(S(=O)(=O)N(C)C)cc32)CC1.Cl.Cl.OCCN1CCN(CCCN2c3ccccc3Sc3ccc(C(F)(F)F)cc32)CC1. The van der Waals surface area contributed by atoms with Gasteiger partial charge in [0.15, 0.2) is 0 Å². The average Bonchev–Trinajstić information content (AvgIpc) is 3.24. The van der Waals surface area contributed by atoms with Crippen LogP contribution in [0.5, 0.6) is 0 Å². The number of rotatable bonds is 11. The summed E-state index contributed by atoms with van der Waals surface area (Å²) in [6.45, 7) is 11.8. The lowest BCUT2D eigenvalue weighted by molar-refractivity contribution is -0.137. The van der Waals surface area contributed by atoms with Crippen molar-refractivity contribution in [2.24, 2.45) is 0 Å². The number of alkyl halides is 3. The Morgan fingerprint density at radius 3 is 1.92 bits per heavy atom. The van der Waals surface area contributed by atoms with Crippen molar-refractivity contribution in [3.05, 3.63) is 108 Å². The molecule has 1 N–H and O–H groups in total. The Morgan fingerprint density at radius 1 is 0.677 bits per heavy atom. The van der Waals surface area contributed by atoms with E-state index in [1.54, 1.807) is 38.0 Å². The van der Waals surface area contributed by atoms with Crippen molar-refractivity contribution in [3.63, 3.8) is 0 Å². The van der Waals surface area contributed by atoms with Crippen molar-refractivity contribution in [1.82, 2.24) is 23.9 Å². The highest BCUT2D eigenvalue weighted by molar-refractivity contribution is 8.00. The molecule has 0 amide bonds. The summed E-state index contributed by atoms with van der Waals surface area (Å²) in [6.07, 6.45) is -0.241. The maximum Gasteiger partial charge on any atom is 0.416 e. The highest BCUT2D eigenvalue weighted by Gasteiger charge is 2.33. The predicted molar refractivity (Wildman–Crippen MR) is 252 cm³/mol. The Morgan fingerprint density at radius 2 is 1.24 bits per heavy atom. The summed E-state index contributed by atoms with van der Waals surface area (Å²) in [6, 6.07) is 25.8. The molecule has 17 heteroatoms. The molecule has 9 nitrogen and oxygen atoms in total. The highest BCUT2D eigenvalue weighted by Crippen LogP contribution is 2.50. The highest BCUT2D eigenvalue weighted by atomic mass is 35.5. The van der Waals surface area contributed by atoms with Crippen molar-refractivity contribution in [1.29, 1.82) is 0 Å². The fourth-order valence-corrected chi connectivity index (χ4v) is 11.1. The van der Waals surface area contributed by atoms with Gasteiger partial charge in [0.2, 0.25) is 10.0 Å². The minimum atomic E-state index is -4.35. The normalized spacial score (nSPS) is 17.8. The van der Waals surface area contributed by atoms with Crippen LogP contribution in [0.3, 0.4) is 0 Å². The van der Waals surface area contributed by atoms with E-state index >= 15 is 0 Å². The van der Waals surface area contributed by atoms with E-state index in [4.69, 9.17) is 5.11 Å². The molecule has 0 saturated carbocycles. The number of hydrogen-bond donors (Lipinski definition) is 1. The first-order chi connectivity index (χ1) is 28.8. The monoisotopic (exact) mass is 952 g/mol. The molecule has 0 atom stereocenters. The Hall–Kier alpha value is -2.80. The number of aliphatic hydroxyl groups excluding tert-OH is 1. The van der Waals surface area contributed by atoms with Crippen LogP contribution in [0.25, 0.3) is 5.57 Å². The van der Waals surface area contributed by atoms with E-state index in [-0.39, 0.29) is 31.4 Å². The number of anilines is 2. The molecule has 0 spiro atoms. The molecule has 62 heavy (non-hydrogen) atoms. The molecule has 4 aromatic carbocycles. The van der Waals surface area contributed by atoms with E-state index in [0.29, 0.717) is 23.7 Å². The number of fused-ring (bicyclic) bond motifs is 4. The first kappa shape index (κ1) is 50.2. The van der Waals surface area contributed by atoms with Crippen molar-refractivity contribution in [3.8, 4) is 0 Å². The summed E-state index contributed by atoms with van der Waals surface area (Å²) < 4.78 is 66.6. The minimum absolute atomic E-state index is 0. The number of β-amino-alcohol motifs (C(OH)–C–C–N with tert-alkyl or cyclic N) is 1. The second-order valence-corrected chi connectivity index (χ2v) is 20.1. The van der Waals surface area contributed by atoms with E-state index in [1.165, 1.54) is 38.7 Å². The zero-order valence-electron chi connectivity index (χ0n) is 35.4. The maximum absolute atomic E-state index is 13.3. The fourth-order valence-electron chi connectivity index (χ4n) is 7.98. The standard InChI is InChI=1S/C23H29N3O2S2.C22H26F3N3OS.2ClH/c1-24(2)30(27,28)18-10-11-23-21(17-18)19(20-7-4-5-9-22(20)29-23)8-6-12-26-15-13-25(3)14-16-26;23-22(24,25)17-6-7-21-19(16-17)28(18-4-1-2-5-20(18)30-21)9-3-8-26-10-12-27(13-11-26)14-15-29;;/h4-5,7-11,17H,6,12-16H2,1-3H3;1-2,4-7,16,29H,3,8-15H2;2*1H/b19-8-;;;. The molecule has 0 unspecified atom stereocenters. The number of benzene rings is 4. The van der Waals surface area contributed by atoms with E-state index in [1.807, 2.05) is 41.3 Å². The van der Waals surface area contributed by atoms with Crippen molar-refractivity contribution < 1.29 is 26.7 Å². The third kappa shape index (κ3) is 12.1. The van der Waals surface area contributed by atoms with Crippen molar-refractivity contribution in [2.75, 3.05) is 111 Å². The molecule has 8 rings (SSSR count). The van der Waals surface area contributed by atoms with Gasteiger partial charge in [0, 0.05) is 106 Å². The molecule has 4 aliphatic rings. The van der Waals surface area contributed by atoms with Gasteiger partial charge in [0.1, 0.15) is 0 Å². The van der Waals surface area contributed by atoms with Gasteiger partial charge in [0.25, 0.3) is 0 Å². The molecule has 4 aliphatic heterocycles. The van der Waals surface area contributed by atoms with Crippen LogP contribution < -0.4 is 4.90 Å². The number of piperazine rings is 2. The van der Waals surface area contributed by atoms with Gasteiger partial charge in [-0.3, -0.25) is 4.90 Å². The molecule has 0 bridgehead atoms. The van der Waals surface area contributed by atoms with E-state index in [0.717, 1.165) is 110 Å². The largest absolute Gasteiger partial charge is 0.416 e. The van der Waals surface area contributed by atoms with Gasteiger partial charge in [0.05, 0.1) is 28.4 Å². The molecule has 0 radical (unpaired) electrons. The smallest absolute Gasteiger partial charge is 0.395 e. The van der Waals surface area contributed by atoms with E-state index < -0.39 is 21.8 Å². The number of nitrogens with zero attached hydrogens (tertiary/aromatic N) is 6. The summed E-state index contributed by atoms with van der Waals surface area (Å²) in [7, 11) is 1.85. The lowest BCUT2D eigenvalue weighted by atomic mass is 9.96. The van der Waals surface area contributed by atoms with E-state index in [9.17, 15) is 21.6 Å². The Balaban J connectivity index is 0.000000227. The Kier molecular flexibility index (Phi) is 18.1. The third-order valence-corrected chi connectivity index (χ3v) is 15.6. The zero-order valence-corrected chi connectivity index (χ0v) is 39.5. The average molecular weight is 954 g/mol. The maximum atomic E-state index is 13.3. The van der Waals surface area contributed by atoms with Gasteiger partial charge in [-0.2, -0.15) is 13.2 Å². The van der Waals surface area contributed by atoms with Crippen molar-refractivity contribution in [2.45, 2.75) is 43.5 Å². The predicted octanol–water partition coefficient (Wildman–Crippen LogP) is 8.62. The van der Waals surface area contributed by atoms with Gasteiger partial charge < -0.3 is 24.7 Å². The van der Waals surface area contributed by atoms with Crippen molar-refractivity contribution >= 4 is 75.3 Å². The van der Waals surface area contributed by atoms with Gasteiger partial charge in [-0.25, -0.2) is 12.7 Å². The molecular formula is C45H57Cl2F3N6O3S3. The quantitative estimate of drug-likeness (QED) is 0.139. The molecule has 0 aromatic heterocycles. The molecule has 338 valence electrons. The molecular weight excluding hydrogens is 897 g/mol. The fraction of sp³-hybridized carbons (Fsp3) is 0.422. The van der Waals surface area contributed by atoms with Crippen LogP contribution in [0, 0.1) is 0 Å². The molecule has 2 saturated heterocycles. The second kappa shape index (κ2) is 22.4. The second-order valence-electron chi connectivity index (χ2n) is 15.8. The van der Waals surface area contributed by atoms with E-state index in [2.05, 4.69) is 57.0 Å². The summed E-state index contributed by atoms with van der Waals surface area (Å²) in [5, 5.41) is 9.07. The van der Waals surface area contributed by atoms with Crippen LogP contribution in [0.15, 0.2) is 115 Å². The third-order valence-electron chi connectivity index (χ3n) is 11.5. The molecule has 2 fully saturated rings. The summed E-state index contributed by atoms with van der Waals surface area (Å²) in [5.74, 6) is 0. The Bertz CT molecular complexity index is 2250. The van der Waals surface area contributed by atoms with Crippen LogP contribution in [0.4, 0.5) is 24.5 Å². The minimum Gasteiger partial charge on any atom is -0.395 e. The number of para-hydroxylation sites is 1. The summed E-state index contributed by atoms with van der Waals surface area (Å²) in [5.41, 5.74) is 4.35. The summed E-state index contributed by atoms with van der Waals surface area (Å²) in [4.78, 5) is 16.2. The lowest BCUT2D eigenvalue weighted by Gasteiger charge is -2.36. The first-order valence-electron chi connectivity index (χ1n) is 20.6. The number of hydrogen-bond acceptors (Lipinski definition) is 10. The van der Waals surface area contributed by atoms with Crippen LogP contribution in [0.1, 0.15) is 29.5 Å². The molecule has 0 aliphatic carbocycles. The number of halogens is 5. The molecule has 4 aromatic rings. The first-order valence-corrected chi connectivity index (χ1v) is 23.7. The lowest BCUT2D eigenvalue weighted by Crippen LogP contribution is -2.47. The van der Waals surface area contributed by atoms with Crippen LogP contribution in [-0.2, 0) is 16.2 Å². The van der Waals surface area contributed by atoms with Crippen LogP contribution in [-0.4, -0.2) is 144 Å². The van der Waals surface area contributed by atoms with Gasteiger partial charge >= 0.3 is 6.18 Å². The Labute approximate surface area is 386 Å². The number of aliphatic hydroxyl groups is 1. The van der Waals surface area contributed by atoms with Gasteiger partial charge in [-0.1, -0.05) is 59.9 Å². The zero-order chi connectivity index (χ0) is 42.4. The summed E-state index contributed by atoms with van der Waals surface area (Å²) >= 11 is 3.24. The number of sulfonamides is 1. The van der Waals surface area contributed by atoms with Crippen LogP contribution in [0.2, 0.25) is 0 Å². The van der Waals surface area contributed by atoms with Gasteiger partial charge in [-0.05, 0) is 97.7 Å². The van der Waals surface area contributed by atoms with Crippen LogP contribution >= 0.6 is 48.3 Å². The molecule has 4 heterocycles. The topological polar surface area (TPSA) is 73.8 Å².